The molecule has 0 fully saturated rings. The fraction of sp³-hybridized carbons (Fsp3) is 0.227. The second kappa shape index (κ2) is 9.60. The number of nitrogens with one attached hydrogen (secondary N) is 2. The summed E-state index contributed by atoms with van der Waals surface area (Å²) in [5.74, 6) is -1.58. The minimum Gasteiger partial charge on any atom is -0.478 e. The van der Waals surface area contributed by atoms with Crippen LogP contribution in [0.25, 0.3) is 10.9 Å². The normalized spacial score (nSPS) is 10.6. The molecule has 0 spiro atoms. The van der Waals surface area contributed by atoms with Crippen molar-refractivity contribution in [1.29, 1.82) is 0 Å². The second-order valence-corrected chi connectivity index (χ2v) is 6.63. The third kappa shape index (κ3) is 4.96. The van der Waals surface area contributed by atoms with Gasteiger partial charge in [-0.05, 0) is 42.2 Å². The molecule has 3 aromatic rings. The molecule has 0 radical (unpaired) electrons. The van der Waals surface area contributed by atoms with Gasteiger partial charge in [-0.3, -0.25) is 0 Å². The summed E-state index contributed by atoms with van der Waals surface area (Å²) in [6.07, 6.45) is 0.431. The van der Waals surface area contributed by atoms with E-state index in [4.69, 9.17) is 9.47 Å². The van der Waals surface area contributed by atoms with Crippen LogP contribution < -0.4 is 5.32 Å². The molecule has 1 amide bonds. The van der Waals surface area contributed by atoms with E-state index in [1.165, 1.54) is 19.2 Å². The molecule has 0 saturated carbocycles. The summed E-state index contributed by atoms with van der Waals surface area (Å²) in [6.45, 7) is 0.513. The Kier molecular flexibility index (Phi) is 6.69. The number of carboxylic acids is 1. The molecule has 1 aromatic heterocycles. The van der Waals surface area contributed by atoms with Crippen molar-refractivity contribution in [3.8, 4) is 0 Å². The molecule has 0 unspecified atom stereocenters. The molecule has 3 rings (SSSR count). The van der Waals surface area contributed by atoms with Crippen LogP contribution in [0.5, 0.6) is 0 Å². The van der Waals surface area contributed by atoms with Crippen LogP contribution >= 0.6 is 0 Å². The summed E-state index contributed by atoms with van der Waals surface area (Å²) in [7, 11) is 1.28. The number of ether oxygens (including phenoxy) is 2. The number of carboxylic acid groups (broad SMARTS) is 1. The van der Waals surface area contributed by atoms with Gasteiger partial charge in [-0.1, -0.05) is 30.3 Å². The fourth-order valence-corrected chi connectivity index (χ4v) is 3.15. The van der Waals surface area contributed by atoms with Crippen molar-refractivity contribution in [2.45, 2.75) is 19.4 Å². The van der Waals surface area contributed by atoms with Gasteiger partial charge in [-0.25, -0.2) is 14.4 Å². The third-order valence-electron chi connectivity index (χ3n) is 4.63. The molecule has 30 heavy (non-hydrogen) atoms. The topological polar surface area (TPSA) is 118 Å². The summed E-state index contributed by atoms with van der Waals surface area (Å²) in [4.78, 5) is 38.3. The van der Waals surface area contributed by atoms with Crippen LogP contribution in [-0.2, 0) is 22.5 Å². The molecular weight excluding hydrogens is 388 g/mol. The number of H-pyrrole nitrogens is 1. The maximum absolute atomic E-state index is 12.1. The highest BCUT2D eigenvalue weighted by Gasteiger charge is 2.19. The lowest BCUT2D eigenvalue weighted by atomic mass is 10.0. The van der Waals surface area contributed by atoms with E-state index in [0.717, 1.165) is 5.56 Å². The van der Waals surface area contributed by atoms with Gasteiger partial charge in [0, 0.05) is 17.4 Å². The van der Waals surface area contributed by atoms with E-state index in [1.807, 2.05) is 30.3 Å². The lowest BCUT2D eigenvalue weighted by molar-refractivity contribution is 0.0593. The molecule has 0 aliphatic carbocycles. The van der Waals surface area contributed by atoms with E-state index in [-0.39, 0.29) is 17.9 Å². The van der Waals surface area contributed by atoms with Gasteiger partial charge in [0.05, 0.1) is 12.7 Å². The number of methoxy groups -OCH3 is 1. The molecule has 0 bridgehead atoms. The van der Waals surface area contributed by atoms with E-state index in [9.17, 15) is 19.5 Å². The minimum absolute atomic E-state index is 0.127. The summed E-state index contributed by atoms with van der Waals surface area (Å²) >= 11 is 0. The van der Waals surface area contributed by atoms with Gasteiger partial charge in [0.2, 0.25) is 0 Å². The standard InChI is InChI=1S/C22H22N2O6/c1-29-21(27)19-16(17-12-15(20(25)26)9-10-18(17)24-19)8-5-11-23-22(28)30-13-14-6-3-2-4-7-14/h2-4,6-7,9-10,12,24H,5,8,11,13H2,1H3,(H,23,28)(H,25,26). The Morgan fingerprint density at radius 2 is 1.87 bits per heavy atom. The van der Waals surface area contributed by atoms with Crippen molar-refractivity contribution >= 4 is 28.9 Å². The Balaban J connectivity index is 1.62. The van der Waals surface area contributed by atoms with Crippen LogP contribution in [0.1, 0.15) is 38.4 Å². The quantitative estimate of drug-likeness (QED) is 0.386. The molecule has 0 aliphatic heterocycles. The largest absolute Gasteiger partial charge is 0.478 e. The highest BCUT2D eigenvalue weighted by Crippen LogP contribution is 2.26. The van der Waals surface area contributed by atoms with Gasteiger partial charge in [0.1, 0.15) is 12.3 Å². The van der Waals surface area contributed by atoms with Crippen molar-refractivity contribution in [1.82, 2.24) is 10.3 Å². The summed E-state index contributed by atoms with van der Waals surface area (Å²) < 4.78 is 9.99. The molecule has 2 aromatic carbocycles. The monoisotopic (exact) mass is 410 g/mol. The van der Waals surface area contributed by atoms with Gasteiger partial charge >= 0.3 is 18.0 Å². The maximum Gasteiger partial charge on any atom is 0.407 e. The minimum atomic E-state index is -1.05. The first-order valence-corrected chi connectivity index (χ1v) is 9.40. The Labute approximate surface area is 172 Å². The number of carbonyl (C=O) groups is 3. The number of benzene rings is 2. The molecule has 3 N–H and O–H groups in total. The van der Waals surface area contributed by atoms with Gasteiger partial charge in [0.15, 0.2) is 0 Å². The smallest absolute Gasteiger partial charge is 0.407 e. The van der Waals surface area contributed by atoms with Crippen molar-refractivity contribution in [2.75, 3.05) is 13.7 Å². The molecule has 0 saturated heterocycles. The van der Waals surface area contributed by atoms with Crippen LogP contribution in [0.4, 0.5) is 4.79 Å². The number of aromatic amines is 1. The molecule has 0 aliphatic rings. The number of aromatic carboxylic acids is 1. The number of amides is 1. The van der Waals surface area contributed by atoms with Crippen molar-refractivity contribution in [2.24, 2.45) is 0 Å². The van der Waals surface area contributed by atoms with Crippen LogP contribution in [0, 0.1) is 0 Å². The predicted octanol–water partition coefficient (Wildman–Crippen LogP) is 3.51. The van der Waals surface area contributed by atoms with Crippen molar-refractivity contribution in [3.63, 3.8) is 0 Å². The van der Waals surface area contributed by atoms with Crippen molar-refractivity contribution in [3.05, 3.63) is 70.9 Å². The zero-order chi connectivity index (χ0) is 21.5. The number of hydrogen-bond acceptors (Lipinski definition) is 5. The summed E-state index contributed by atoms with van der Waals surface area (Å²) in [5, 5.41) is 12.6. The number of aryl methyl sites for hydroxylation is 1. The number of alkyl carbamates (subject to hydrolysis) is 1. The first-order valence-electron chi connectivity index (χ1n) is 9.40. The number of aromatic nitrogens is 1. The Morgan fingerprint density at radius 1 is 1.10 bits per heavy atom. The molecule has 156 valence electrons. The zero-order valence-corrected chi connectivity index (χ0v) is 16.4. The van der Waals surface area contributed by atoms with Crippen LogP contribution in [0.15, 0.2) is 48.5 Å². The van der Waals surface area contributed by atoms with E-state index in [1.54, 1.807) is 6.07 Å². The van der Waals surface area contributed by atoms with Gasteiger partial charge in [-0.15, -0.1) is 0 Å². The second-order valence-electron chi connectivity index (χ2n) is 6.63. The molecule has 1 heterocycles. The van der Waals surface area contributed by atoms with E-state index < -0.39 is 18.0 Å². The Morgan fingerprint density at radius 3 is 2.57 bits per heavy atom. The van der Waals surface area contributed by atoms with E-state index in [2.05, 4.69) is 10.3 Å². The SMILES string of the molecule is COC(=O)c1[nH]c2ccc(C(=O)O)cc2c1CCCNC(=O)OCc1ccccc1. The Bertz CT molecular complexity index is 1060. The van der Waals surface area contributed by atoms with E-state index >= 15 is 0 Å². The van der Waals surface area contributed by atoms with Crippen LogP contribution in [0.2, 0.25) is 0 Å². The number of fused-ring (bicyclic) bond motifs is 1. The molecule has 0 atom stereocenters. The Hall–Kier alpha value is -3.81. The van der Waals surface area contributed by atoms with Crippen molar-refractivity contribution < 1.29 is 29.0 Å². The van der Waals surface area contributed by atoms with Gasteiger partial charge in [0.25, 0.3) is 0 Å². The number of rotatable bonds is 8. The zero-order valence-electron chi connectivity index (χ0n) is 16.4. The summed E-state index contributed by atoms with van der Waals surface area (Å²) in [6, 6.07) is 14.0. The first kappa shape index (κ1) is 20.9. The molecule has 8 heteroatoms. The number of carbonyl (C=O) groups excluding carboxylic acids is 2. The van der Waals surface area contributed by atoms with Crippen LogP contribution in [-0.4, -0.2) is 41.8 Å². The predicted molar refractivity (Wildman–Crippen MR) is 110 cm³/mol. The fourth-order valence-electron chi connectivity index (χ4n) is 3.15. The highest BCUT2D eigenvalue weighted by molar-refractivity contribution is 6.01. The lowest BCUT2D eigenvalue weighted by Crippen LogP contribution is -2.25. The maximum atomic E-state index is 12.1. The van der Waals surface area contributed by atoms with Gasteiger partial charge in [-0.2, -0.15) is 0 Å². The molecular formula is C22H22N2O6. The van der Waals surface area contributed by atoms with E-state index in [0.29, 0.717) is 35.9 Å². The lowest BCUT2D eigenvalue weighted by Gasteiger charge is -2.08. The highest BCUT2D eigenvalue weighted by atomic mass is 16.5. The average Bonchev–Trinajstić information content (AvgIpc) is 3.13. The van der Waals surface area contributed by atoms with Crippen LogP contribution in [0.3, 0.4) is 0 Å². The van der Waals surface area contributed by atoms with Gasteiger partial charge < -0.3 is 24.9 Å². The number of esters is 1. The third-order valence-corrected chi connectivity index (χ3v) is 4.63. The average molecular weight is 410 g/mol. The summed E-state index contributed by atoms with van der Waals surface area (Å²) in [5.41, 5.74) is 2.59. The first-order chi connectivity index (χ1) is 14.5. The number of hydrogen-bond donors (Lipinski definition) is 3. The molecule has 8 nitrogen and oxygen atoms in total.